The van der Waals surface area contributed by atoms with Gasteiger partial charge in [-0.3, -0.25) is 0 Å². The van der Waals surface area contributed by atoms with E-state index in [4.69, 9.17) is 11.6 Å². The Morgan fingerprint density at radius 1 is 1.16 bits per heavy atom. The highest BCUT2D eigenvalue weighted by Gasteiger charge is 2.34. The molecule has 0 atom stereocenters. The minimum atomic E-state index is -4.64. The van der Waals surface area contributed by atoms with Crippen molar-refractivity contribution in [2.45, 2.75) is 12.4 Å². The SMILES string of the molecule is FC(F)(F)CN(CCCl)c1cc(C(F)(F)F)ccn1. The summed E-state index contributed by atoms with van der Waals surface area (Å²) in [4.78, 5) is 4.18. The van der Waals surface area contributed by atoms with Gasteiger partial charge in [-0.25, -0.2) is 4.98 Å². The lowest BCUT2D eigenvalue weighted by Gasteiger charge is -2.24. The van der Waals surface area contributed by atoms with Gasteiger partial charge in [0, 0.05) is 18.6 Å². The number of hydrogen-bond acceptors (Lipinski definition) is 2. The van der Waals surface area contributed by atoms with Crippen LogP contribution in [0.25, 0.3) is 0 Å². The van der Waals surface area contributed by atoms with Crippen LogP contribution in [-0.4, -0.2) is 30.1 Å². The van der Waals surface area contributed by atoms with Gasteiger partial charge < -0.3 is 4.90 Å². The summed E-state index contributed by atoms with van der Waals surface area (Å²) in [5, 5.41) is 0. The van der Waals surface area contributed by atoms with Crippen LogP contribution in [0.3, 0.4) is 0 Å². The van der Waals surface area contributed by atoms with E-state index >= 15 is 0 Å². The number of nitrogens with zero attached hydrogens (tertiary/aromatic N) is 2. The average Bonchev–Trinajstić information content (AvgIpc) is 2.26. The number of alkyl halides is 7. The maximum atomic E-state index is 12.5. The van der Waals surface area contributed by atoms with Crippen molar-refractivity contribution >= 4 is 17.4 Å². The largest absolute Gasteiger partial charge is 0.416 e. The highest BCUT2D eigenvalue weighted by atomic mass is 35.5. The lowest BCUT2D eigenvalue weighted by Crippen LogP contribution is -2.36. The molecule has 19 heavy (non-hydrogen) atoms. The molecule has 0 unspecified atom stereocenters. The Hall–Kier alpha value is -1.18. The van der Waals surface area contributed by atoms with Crippen molar-refractivity contribution in [1.82, 2.24) is 4.98 Å². The molecule has 0 saturated carbocycles. The first kappa shape index (κ1) is 15.9. The van der Waals surface area contributed by atoms with Crippen LogP contribution >= 0.6 is 11.6 Å². The van der Waals surface area contributed by atoms with E-state index in [1.807, 2.05) is 0 Å². The van der Waals surface area contributed by atoms with Crippen molar-refractivity contribution in [2.75, 3.05) is 23.9 Å². The van der Waals surface area contributed by atoms with Gasteiger partial charge in [-0.2, -0.15) is 26.3 Å². The van der Waals surface area contributed by atoms with E-state index in [1.165, 1.54) is 0 Å². The molecule has 0 bridgehead atoms. The summed E-state index contributed by atoms with van der Waals surface area (Å²) in [6, 6.07) is 1.26. The van der Waals surface area contributed by atoms with Gasteiger partial charge in [-0.15, -0.1) is 11.6 Å². The van der Waals surface area contributed by atoms with Crippen LogP contribution in [0.2, 0.25) is 0 Å². The smallest absolute Gasteiger partial charge is 0.346 e. The third-order valence-electron chi connectivity index (χ3n) is 2.12. The minimum Gasteiger partial charge on any atom is -0.346 e. The quantitative estimate of drug-likeness (QED) is 0.623. The zero-order valence-electron chi connectivity index (χ0n) is 9.39. The zero-order chi connectivity index (χ0) is 14.7. The molecule has 0 fully saturated rings. The maximum absolute atomic E-state index is 12.5. The first-order chi connectivity index (χ1) is 8.63. The van der Waals surface area contributed by atoms with Crippen molar-refractivity contribution < 1.29 is 26.3 Å². The van der Waals surface area contributed by atoms with Crippen molar-refractivity contribution in [3.8, 4) is 0 Å². The Kier molecular flexibility index (Phi) is 4.89. The Labute approximate surface area is 110 Å². The molecule has 0 aliphatic rings. The molecule has 0 aliphatic carbocycles. The Balaban J connectivity index is 3.03. The molecule has 2 nitrogen and oxygen atoms in total. The molecule has 9 heteroatoms. The zero-order valence-corrected chi connectivity index (χ0v) is 10.1. The molecule has 0 amide bonds. The molecule has 0 radical (unpaired) electrons. The fourth-order valence-electron chi connectivity index (χ4n) is 1.36. The van der Waals surface area contributed by atoms with E-state index in [0.717, 1.165) is 6.20 Å². The predicted molar refractivity (Wildman–Crippen MR) is 58.2 cm³/mol. The monoisotopic (exact) mass is 306 g/mol. The van der Waals surface area contributed by atoms with Crippen LogP contribution in [0.5, 0.6) is 0 Å². The summed E-state index contributed by atoms with van der Waals surface area (Å²) < 4.78 is 74.3. The van der Waals surface area contributed by atoms with Crippen molar-refractivity contribution in [3.63, 3.8) is 0 Å². The highest BCUT2D eigenvalue weighted by Crippen LogP contribution is 2.31. The average molecular weight is 307 g/mol. The second-order valence-electron chi connectivity index (χ2n) is 3.63. The molecule has 0 aliphatic heterocycles. The summed E-state index contributed by atoms with van der Waals surface area (Å²) in [7, 11) is 0. The molecular formula is C10H9ClF6N2. The van der Waals surface area contributed by atoms with E-state index in [-0.39, 0.29) is 12.4 Å². The van der Waals surface area contributed by atoms with Gasteiger partial charge in [-0.1, -0.05) is 0 Å². The van der Waals surface area contributed by atoms with Crippen LogP contribution in [-0.2, 0) is 6.18 Å². The van der Waals surface area contributed by atoms with E-state index in [1.54, 1.807) is 0 Å². The van der Waals surface area contributed by atoms with Gasteiger partial charge in [0.05, 0.1) is 5.56 Å². The van der Waals surface area contributed by atoms with Crippen LogP contribution in [0.15, 0.2) is 18.3 Å². The summed E-state index contributed by atoms with van der Waals surface area (Å²) >= 11 is 5.35. The number of aromatic nitrogens is 1. The maximum Gasteiger partial charge on any atom is 0.416 e. The highest BCUT2D eigenvalue weighted by molar-refractivity contribution is 6.18. The standard InChI is InChI=1S/C10H9ClF6N2/c11-2-4-19(6-9(12,13)14)8-5-7(1-3-18-8)10(15,16)17/h1,3,5H,2,4,6H2. The minimum absolute atomic E-state index is 0.159. The third-order valence-corrected chi connectivity index (χ3v) is 2.29. The summed E-state index contributed by atoms with van der Waals surface area (Å²) in [5.74, 6) is -0.568. The van der Waals surface area contributed by atoms with E-state index in [9.17, 15) is 26.3 Å². The van der Waals surface area contributed by atoms with Gasteiger partial charge in [0.25, 0.3) is 0 Å². The molecule has 0 aromatic carbocycles. The van der Waals surface area contributed by atoms with E-state index in [0.29, 0.717) is 17.0 Å². The number of pyridine rings is 1. The van der Waals surface area contributed by atoms with Gasteiger partial charge >= 0.3 is 12.4 Å². The molecular weight excluding hydrogens is 298 g/mol. The van der Waals surface area contributed by atoms with Gasteiger partial charge in [0.1, 0.15) is 12.4 Å². The fourth-order valence-corrected chi connectivity index (χ4v) is 1.56. The molecule has 1 aromatic heterocycles. The summed E-state index contributed by atoms with van der Waals surface area (Å²) in [5.41, 5.74) is -1.06. The molecule has 1 aromatic rings. The van der Waals surface area contributed by atoms with Gasteiger partial charge in [-0.05, 0) is 12.1 Å². The fraction of sp³-hybridized carbons (Fsp3) is 0.500. The lowest BCUT2D eigenvalue weighted by atomic mass is 10.2. The van der Waals surface area contributed by atoms with Crippen molar-refractivity contribution in [2.24, 2.45) is 0 Å². The van der Waals surface area contributed by atoms with Crippen LogP contribution < -0.4 is 4.90 Å². The normalized spacial score (nSPS) is 12.6. The van der Waals surface area contributed by atoms with E-state index < -0.39 is 30.3 Å². The Morgan fingerprint density at radius 2 is 1.79 bits per heavy atom. The van der Waals surface area contributed by atoms with Gasteiger partial charge in [0.15, 0.2) is 0 Å². The number of rotatable bonds is 4. The molecule has 0 N–H and O–H groups in total. The number of halogens is 7. The third kappa shape index (κ3) is 5.14. The second-order valence-corrected chi connectivity index (χ2v) is 4.00. The predicted octanol–water partition coefficient (Wildman–Crippen LogP) is 3.71. The topological polar surface area (TPSA) is 16.1 Å². The molecule has 0 saturated heterocycles. The van der Waals surface area contributed by atoms with Crippen molar-refractivity contribution in [3.05, 3.63) is 23.9 Å². The first-order valence-corrected chi connectivity index (χ1v) is 5.58. The van der Waals surface area contributed by atoms with Gasteiger partial charge in [0.2, 0.25) is 0 Å². The Morgan fingerprint density at radius 3 is 2.26 bits per heavy atom. The van der Waals surface area contributed by atoms with Crippen molar-refractivity contribution in [1.29, 1.82) is 0 Å². The second kappa shape index (κ2) is 5.85. The number of anilines is 1. The van der Waals surface area contributed by atoms with Crippen LogP contribution in [0.4, 0.5) is 32.2 Å². The number of hydrogen-bond donors (Lipinski definition) is 0. The molecule has 0 spiro atoms. The van der Waals surface area contributed by atoms with E-state index in [2.05, 4.69) is 4.98 Å². The molecule has 1 heterocycles. The lowest BCUT2D eigenvalue weighted by molar-refractivity contribution is -0.137. The summed E-state index contributed by atoms with van der Waals surface area (Å²) in [6.07, 6.45) is -8.37. The summed E-state index contributed by atoms with van der Waals surface area (Å²) in [6.45, 7) is -1.66. The first-order valence-electron chi connectivity index (χ1n) is 5.04. The van der Waals surface area contributed by atoms with Crippen LogP contribution in [0.1, 0.15) is 5.56 Å². The molecule has 1 rings (SSSR count). The Bertz CT molecular complexity index is 417. The molecule has 108 valence electrons. The van der Waals surface area contributed by atoms with Crippen LogP contribution in [0, 0.1) is 0 Å².